The molecular weight excluding hydrogens is 538 g/mol. The summed E-state index contributed by atoms with van der Waals surface area (Å²) < 4.78 is 30.3. The highest BCUT2D eigenvalue weighted by atomic mass is 16.8. The van der Waals surface area contributed by atoms with Gasteiger partial charge in [-0.2, -0.15) is 0 Å². The van der Waals surface area contributed by atoms with E-state index in [-0.39, 0.29) is 18.9 Å². The molecule has 1 N–H and O–H groups in total. The van der Waals surface area contributed by atoms with E-state index in [2.05, 4.69) is 5.32 Å². The minimum absolute atomic E-state index is 0.0511. The van der Waals surface area contributed by atoms with Gasteiger partial charge in [0, 0.05) is 18.6 Å². The van der Waals surface area contributed by atoms with Gasteiger partial charge in [-0.15, -0.1) is 0 Å². The number of esters is 1. The predicted octanol–water partition coefficient (Wildman–Crippen LogP) is 4.27. The number of carbonyl (C=O) groups excluding carboxylic acids is 1. The van der Waals surface area contributed by atoms with Gasteiger partial charge in [-0.1, -0.05) is 60.7 Å². The first-order valence-electron chi connectivity index (χ1n) is 12.8. The first kappa shape index (κ1) is 28.1. The maximum absolute atomic E-state index is 12.3. The number of nitro benzene ring substituents is 2. The number of carbonyl (C=O) groups is 1. The summed E-state index contributed by atoms with van der Waals surface area (Å²) in [5, 5.41) is 26.1. The van der Waals surface area contributed by atoms with E-state index in [0.29, 0.717) is 0 Å². The van der Waals surface area contributed by atoms with Crippen LogP contribution in [0.15, 0.2) is 78.9 Å². The molecule has 0 bridgehead atoms. The molecule has 0 unspecified atom stereocenters. The van der Waals surface area contributed by atoms with Gasteiger partial charge in [0.15, 0.2) is 18.7 Å². The third-order valence-corrected chi connectivity index (χ3v) is 6.68. The van der Waals surface area contributed by atoms with Gasteiger partial charge in [-0.25, -0.2) is 0 Å². The molecule has 0 spiro atoms. The van der Waals surface area contributed by atoms with Crippen LogP contribution in [-0.4, -0.2) is 53.1 Å². The van der Waals surface area contributed by atoms with Crippen molar-refractivity contribution in [3.8, 4) is 0 Å². The second-order valence-corrected chi connectivity index (χ2v) is 9.48. The van der Waals surface area contributed by atoms with E-state index in [0.717, 1.165) is 23.3 Å². The van der Waals surface area contributed by atoms with Gasteiger partial charge in [0.05, 0.1) is 29.1 Å². The minimum Gasteiger partial charge on any atom is -0.457 e. The lowest BCUT2D eigenvalue weighted by atomic mass is 9.94. The monoisotopic (exact) mass is 565 g/mol. The van der Waals surface area contributed by atoms with Crippen LogP contribution in [0.5, 0.6) is 0 Å². The Morgan fingerprint density at radius 2 is 1.68 bits per heavy atom. The first-order chi connectivity index (χ1) is 19.8. The minimum atomic E-state index is -1.09. The Balaban J connectivity index is 1.50. The molecule has 0 amide bonds. The fraction of sp³-hybridized carbons (Fsp3) is 0.321. The average Bonchev–Trinajstić information content (AvgIpc) is 2.97. The number of rotatable bonds is 9. The third kappa shape index (κ3) is 6.49. The Hall–Kier alpha value is -4.43. The van der Waals surface area contributed by atoms with E-state index in [4.69, 9.17) is 23.7 Å². The Kier molecular flexibility index (Phi) is 8.50. The van der Waals surface area contributed by atoms with E-state index in [1.807, 2.05) is 60.7 Å². The van der Waals surface area contributed by atoms with Gasteiger partial charge in [-0.05, 0) is 11.6 Å². The number of ether oxygens (including phenoxy) is 5. The van der Waals surface area contributed by atoms with Crippen molar-refractivity contribution in [1.29, 1.82) is 0 Å². The number of nitrogens with one attached hydrogen (secondary N) is 1. The Bertz CT molecular complexity index is 1390. The van der Waals surface area contributed by atoms with Crippen molar-refractivity contribution >= 4 is 23.0 Å². The predicted molar refractivity (Wildman–Crippen MR) is 143 cm³/mol. The molecule has 3 aromatic carbocycles. The summed E-state index contributed by atoms with van der Waals surface area (Å²) in [6.45, 7) is 1.45. The SMILES string of the molecule is CC(=O)O[C@@H]1[C@@H](Nc2ccc([N+](=O)[O-])cc2[N+](=O)[O-])[C@@H](OCc2ccccc2)O[C@@H]2CO[C@@H](c3ccccc3)O[C@@H]12. The van der Waals surface area contributed by atoms with Crippen LogP contribution in [0.4, 0.5) is 17.1 Å². The van der Waals surface area contributed by atoms with Gasteiger partial charge in [0.25, 0.3) is 11.4 Å². The number of anilines is 1. The van der Waals surface area contributed by atoms with Crippen molar-refractivity contribution in [3.63, 3.8) is 0 Å². The fourth-order valence-corrected chi connectivity index (χ4v) is 4.82. The zero-order chi connectivity index (χ0) is 28.9. The van der Waals surface area contributed by atoms with Crippen LogP contribution >= 0.6 is 0 Å². The normalized spacial score (nSPS) is 25.5. The molecule has 2 fully saturated rings. The van der Waals surface area contributed by atoms with Crippen LogP contribution in [-0.2, 0) is 35.1 Å². The molecule has 2 aliphatic rings. The van der Waals surface area contributed by atoms with Crippen LogP contribution < -0.4 is 5.32 Å². The second-order valence-electron chi connectivity index (χ2n) is 9.48. The maximum atomic E-state index is 12.3. The summed E-state index contributed by atoms with van der Waals surface area (Å²) in [5.41, 5.74) is 0.534. The Morgan fingerprint density at radius 1 is 0.976 bits per heavy atom. The third-order valence-electron chi connectivity index (χ3n) is 6.68. The van der Waals surface area contributed by atoms with Gasteiger partial charge in [0.2, 0.25) is 0 Å². The zero-order valence-electron chi connectivity index (χ0n) is 21.9. The molecule has 13 nitrogen and oxygen atoms in total. The number of nitro groups is 2. The number of benzene rings is 3. The molecule has 0 aromatic heterocycles. The van der Waals surface area contributed by atoms with Crippen LogP contribution in [0.1, 0.15) is 24.3 Å². The fourth-order valence-electron chi connectivity index (χ4n) is 4.82. The topological polar surface area (TPSA) is 162 Å². The average molecular weight is 566 g/mol. The standard InChI is InChI=1S/C28H27N3O10/c1-17(32)39-26-24(29-21-13-12-20(30(33)34)14-22(21)31(35)36)28(37-15-18-8-4-2-5-9-18)40-23-16-38-27(41-25(23)26)19-10-6-3-7-11-19/h2-14,23-29H,15-16H2,1H3/t23-,24-,25-,26-,27-,28+/m1/s1. The summed E-state index contributed by atoms with van der Waals surface area (Å²) in [7, 11) is 0. The molecule has 6 atom stereocenters. The van der Waals surface area contributed by atoms with Crippen molar-refractivity contribution in [2.24, 2.45) is 0 Å². The first-order valence-corrected chi connectivity index (χ1v) is 12.8. The van der Waals surface area contributed by atoms with Crippen molar-refractivity contribution in [2.45, 2.75) is 50.5 Å². The van der Waals surface area contributed by atoms with Gasteiger partial charge in [0.1, 0.15) is 23.9 Å². The Morgan fingerprint density at radius 3 is 2.34 bits per heavy atom. The number of non-ortho nitro benzene ring substituents is 1. The van der Waals surface area contributed by atoms with Crippen molar-refractivity contribution in [3.05, 3.63) is 110 Å². The van der Waals surface area contributed by atoms with Gasteiger partial charge < -0.3 is 29.0 Å². The molecule has 0 radical (unpaired) electrons. The highest BCUT2D eigenvalue weighted by Gasteiger charge is 2.52. The molecule has 13 heteroatoms. The van der Waals surface area contributed by atoms with Gasteiger partial charge in [-0.3, -0.25) is 25.0 Å². The molecule has 41 heavy (non-hydrogen) atoms. The van der Waals surface area contributed by atoms with Crippen LogP contribution in [0, 0.1) is 20.2 Å². The second kappa shape index (κ2) is 12.4. The van der Waals surface area contributed by atoms with Crippen LogP contribution in [0.25, 0.3) is 0 Å². The highest BCUT2D eigenvalue weighted by Crippen LogP contribution is 2.38. The molecular formula is C28H27N3O10. The molecule has 0 aliphatic carbocycles. The zero-order valence-corrected chi connectivity index (χ0v) is 21.9. The molecule has 5 rings (SSSR count). The molecule has 3 aromatic rings. The summed E-state index contributed by atoms with van der Waals surface area (Å²) in [6, 6.07) is 20.7. The van der Waals surface area contributed by atoms with Crippen molar-refractivity contribution in [2.75, 3.05) is 11.9 Å². The largest absolute Gasteiger partial charge is 0.457 e. The molecule has 0 saturated carbocycles. The maximum Gasteiger partial charge on any atom is 0.303 e. The Labute approximate surface area is 234 Å². The summed E-state index contributed by atoms with van der Waals surface area (Å²) in [6.07, 6.45) is -4.46. The van der Waals surface area contributed by atoms with E-state index >= 15 is 0 Å². The summed E-state index contributed by atoms with van der Waals surface area (Å²) >= 11 is 0. The lowest BCUT2D eigenvalue weighted by Crippen LogP contribution is -2.65. The van der Waals surface area contributed by atoms with E-state index < -0.39 is 64.1 Å². The van der Waals surface area contributed by atoms with Crippen molar-refractivity contribution < 1.29 is 38.3 Å². The quantitative estimate of drug-likeness (QED) is 0.224. The summed E-state index contributed by atoms with van der Waals surface area (Å²) in [5.74, 6) is -0.617. The highest BCUT2D eigenvalue weighted by molar-refractivity contribution is 5.67. The van der Waals surface area contributed by atoms with Crippen LogP contribution in [0.2, 0.25) is 0 Å². The van der Waals surface area contributed by atoms with E-state index in [9.17, 15) is 25.0 Å². The van der Waals surface area contributed by atoms with Crippen LogP contribution in [0.3, 0.4) is 0 Å². The molecule has 2 aliphatic heterocycles. The number of hydrogen-bond acceptors (Lipinski definition) is 11. The number of fused-ring (bicyclic) bond motifs is 1. The number of hydrogen-bond donors (Lipinski definition) is 1. The van der Waals surface area contributed by atoms with Gasteiger partial charge >= 0.3 is 5.97 Å². The van der Waals surface area contributed by atoms with E-state index in [1.54, 1.807) is 0 Å². The van der Waals surface area contributed by atoms with E-state index in [1.165, 1.54) is 13.0 Å². The summed E-state index contributed by atoms with van der Waals surface area (Å²) in [4.78, 5) is 34.0. The lowest BCUT2D eigenvalue weighted by molar-refractivity contribution is -0.393. The number of nitrogens with zero attached hydrogens (tertiary/aromatic N) is 2. The van der Waals surface area contributed by atoms with Crippen molar-refractivity contribution in [1.82, 2.24) is 0 Å². The molecule has 2 saturated heterocycles. The molecule has 2 heterocycles. The molecule has 214 valence electrons. The lowest BCUT2D eigenvalue weighted by Gasteiger charge is -2.49. The smallest absolute Gasteiger partial charge is 0.303 e.